The van der Waals surface area contributed by atoms with E-state index in [2.05, 4.69) is 0 Å². The molecule has 0 aliphatic carbocycles. The van der Waals surface area contributed by atoms with E-state index < -0.39 is 4.92 Å². The molecular weight excluding hydrogens is 342 g/mol. The highest BCUT2D eigenvalue weighted by Gasteiger charge is 2.22. The number of rotatable bonds is 5. The number of Topliss-reactive ketones (excluding diaryl/α,β-unsaturated/α-hetero) is 1. The van der Waals surface area contributed by atoms with Crippen LogP contribution < -0.4 is 4.57 Å². The first-order valence-corrected chi connectivity index (χ1v) is 8.46. The fraction of sp³-hybridized carbons (Fsp3) is 0.0476. The van der Waals surface area contributed by atoms with Gasteiger partial charge >= 0.3 is 0 Å². The number of benzene rings is 1. The van der Waals surface area contributed by atoms with Gasteiger partial charge in [-0.2, -0.15) is 4.57 Å². The summed E-state index contributed by atoms with van der Waals surface area (Å²) in [4.78, 5) is 23.8. The van der Waals surface area contributed by atoms with Crippen molar-refractivity contribution in [2.45, 2.75) is 6.54 Å². The lowest BCUT2D eigenvalue weighted by atomic mass is 10.0. The number of aromatic nitrogens is 2. The molecule has 3 heterocycles. The van der Waals surface area contributed by atoms with E-state index in [4.69, 9.17) is 0 Å². The second kappa shape index (κ2) is 6.84. The summed E-state index contributed by atoms with van der Waals surface area (Å²) < 4.78 is 3.64. The van der Waals surface area contributed by atoms with Gasteiger partial charge in [0, 0.05) is 41.5 Å². The number of nitro benzene ring substituents is 1. The van der Waals surface area contributed by atoms with E-state index >= 15 is 0 Å². The van der Waals surface area contributed by atoms with Gasteiger partial charge in [0.1, 0.15) is 5.69 Å². The molecular formula is C21H16N3O3+. The number of nitro groups is 1. The van der Waals surface area contributed by atoms with E-state index in [1.807, 2.05) is 70.0 Å². The van der Waals surface area contributed by atoms with Crippen molar-refractivity contribution in [2.24, 2.45) is 0 Å². The van der Waals surface area contributed by atoms with Crippen molar-refractivity contribution in [3.05, 3.63) is 101 Å². The topological polar surface area (TPSA) is 68.5 Å². The molecule has 0 radical (unpaired) electrons. The molecule has 3 aromatic heterocycles. The van der Waals surface area contributed by atoms with Crippen LogP contribution >= 0.6 is 0 Å². The molecule has 0 saturated heterocycles. The largest absolute Gasteiger partial charge is 0.313 e. The fourth-order valence-corrected chi connectivity index (χ4v) is 3.20. The lowest BCUT2D eigenvalue weighted by Crippen LogP contribution is -2.37. The van der Waals surface area contributed by atoms with E-state index in [1.54, 1.807) is 12.1 Å². The Kier molecular flexibility index (Phi) is 4.22. The van der Waals surface area contributed by atoms with Crippen LogP contribution in [0.5, 0.6) is 0 Å². The van der Waals surface area contributed by atoms with Crippen LogP contribution in [-0.4, -0.2) is 15.1 Å². The maximum Gasteiger partial charge on any atom is 0.270 e. The molecule has 1 aromatic carbocycles. The minimum atomic E-state index is -0.430. The van der Waals surface area contributed by atoms with Crippen molar-refractivity contribution in [3.8, 4) is 11.1 Å². The Morgan fingerprint density at radius 2 is 1.81 bits per heavy atom. The number of pyridine rings is 2. The Labute approximate surface area is 155 Å². The van der Waals surface area contributed by atoms with Crippen molar-refractivity contribution < 1.29 is 14.3 Å². The number of non-ortho nitro benzene ring substituents is 1. The molecule has 0 N–H and O–H groups in total. The van der Waals surface area contributed by atoms with E-state index in [0.717, 1.165) is 5.52 Å². The minimum Gasteiger partial charge on any atom is -0.313 e. The van der Waals surface area contributed by atoms with Crippen LogP contribution in [-0.2, 0) is 6.54 Å². The van der Waals surface area contributed by atoms with Gasteiger partial charge < -0.3 is 4.40 Å². The van der Waals surface area contributed by atoms with Gasteiger partial charge in [0.15, 0.2) is 12.4 Å². The van der Waals surface area contributed by atoms with Crippen molar-refractivity contribution >= 4 is 17.0 Å². The monoisotopic (exact) mass is 358 g/mol. The predicted molar refractivity (Wildman–Crippen MR) is 100 cm³/mol. The van der Waals surface area contributed by atoms with Crippen molar-refractivity contribution in [1.82, 2.24) is 4.40 Å². The van der Waals surface area contributed by atoms with Gasteiger partial charge in [0.25, 0.3) is 5.69 Å². The van der Waals surface area contributed by atoms with Gasteiger partial charge in [-0.05, 0) is 23.8 Å². The fourth-order valence-electron chi connectivity index (χ4n) is 3.20. The summed E-state index contributed by atoms with van der Waals surface area (Å²) in [6, 6.07) is 19.5. The lowest BCUT2D eigenvalue weighted by molar-refractivity contribution is -0.683. The van der Waals surface area contributed by atoms with Gasteiger partial charge in [-0.15, -0.1) is 0 Å². The van der Waals surface area contributed by atoms with Gasteiger partial charge in [0.2, 0.25) is 12.3 Å². The second-order valence-electron chi connectivity index (χ2n) is 6.18. The molecule has 0 fully saturated rings. The molecule has 0 aliphatic rings. The first-order valence-electron chi connectivity index (χ1n) is 8.46. The SMILES string of the molecule is O=C(C[n+]1ccccc1)c1c(-c2cccc([N+](=O)[O-])c2)cc2ccccn12. The zero-order chi connectivity index (χ0) is 18.8. The number of nitrogens with zero attached hydrogens (tertiary/aromatic N) is 3. The number of carbonyl (C=O) groups excluding carboxylic acids is 1. The standard InChI is InChI=1S/C21H16N3O3/c25-20(15-22-10-3-1-4-11-22)21-19(14-17-8-2-5-12-23(17)21)16-7-6-9-18(13-16)24(26)27/h1-14H,15H2/q+1. The Bertz CT molecular complexity index is 1150. The molecule has 0 unspecified atom stereocenters. The average Bonchev–Trinajstić information content (AvgIpc) is 3.08. The van der Waals surface area contributed by atoms with Crippen LogP contribution in [0.25, 0.3) is 16.6 Å². The number of hydrogen-bond donors (Lipinski definition) is 0. The number of carbonyl (C=O) groups is 1. The summed E-state index contributed by atoms with van der Waals surface area (Å²) in [5.41, 5.74) is 2.71. The maximum absolute atomic E-state index is 13.1. The maximum atomic E-state index is 13.1. The summed E-state index contributed by atoms with van der Waals surface area (Å²) >= 11 is 0. The molecule has 132 valence electrons. The highest BCUT2D eigenvalue weighted by Crippen LogP contribution is 2.30. The van der Waals surface area contributed by atoms with Gasteiger partial charge in [0.05, 0.1) is 4.92 Å². The summed E-state index contributed by atoms with van der Waals surface area (Å²) in [6.07, 6.45) is 5.50. The van der Waals surface area contributed by atoms with Crippen molar-refractivity contribution in [2.75, 3.05) is 0 Å². The number of ketones is 1. The van der Waals surface area contributed by atoms with Gasteiger partial charge in [-0.1, -0.05) is 24.3 Å². The van der Waals surface area contributed by atoms with Crippen molar-refractivity contribution in [3.63, 3.8) is 0 Å². The molecule has 0 spiro atoms. The molecule has 6 nitrogen and oxygen atoms in total. The molecule has 4 rings (SSSR count). The first-order chi connectivity index (χ1) is 13.1. The second-order valence-corrected chi connectivity index (χ2v) is 6.18. The van der Waals surface area contributed by atoms with E-state index in [1.165, 1.54) is 12.1 Å². The molecule has 4 aromatic rings. The Morgan fingerprint density at radius 3 is 2.59 bits per heavy atom. The van der Waals surface area contributed by atoms with Crippen LogP contribution in [0.3, 0.4) is 0 Å². The Hall–Kier alpha value is -3.80. The van der Waals surface area contributed by atoms with Gasteiger partial charge in [-0.3, -0.25) is 14.9 Å². The van der Waals surface area contributed by atoms with Crippen LogP contribution in [0.4, 0.5) is 5.69 Å². The third-order valence-electron chi connectivity index (χ3n) is 4.42. The minimum absolute atomic E-state index is 0.00131. The highest BCUT2D eigenvalue weighted by molar-refractivity contribution is 6.02. The lowest BCUT2D eigenvalue weighted by Gasteiger charge is -2.05. The summed E-state index contributed by atoms with van der Waals surface area (Å²) in [6.45, 7) is 0.184. The molecule has 0 atom stereocenters. The number of fused-ring (bicyclic) bond motifs is 1. The van der Waals surface area contributed by atoms with Crippen LogP contribution in [0.1, 0.15) is 10.5 Å². The molecule has 0 aliphatic heterocycles. The molecule has 27 heavy (non-hydrogen) atoms. The third-order valence-corrected chi connectivity index (χ3v) is 4.42. The van der Waals surface area contributed by atoms with E-state index in [0.29, 0.717) is 16.8 Å². The first kappa shape index (κ1) is 16.7. The predicted octanol–water partition coefficient (Wildman–Crippen LogP) is 3.68. The normalized spacial score (nSPS) is 10.8. The van der Waals surface area contributed by atoms with Crippen molar-refractivity contribution in [1.29, 1.82) is 0 Å². The average molecular weight is 358 g/mol. The molecule has 0 bridgehead atoms. The van der Waals surface area contributed by atoms with E-state index in [-0.39, 0.29) is 18.0 Å². The van der Waals surface area contributed by atoms with Crippen LogP contribution in [0, 0.1) is 10.1 Å². The molecule has 0 saturated carbocycles. The highest BCUT2D eigenvalue weighted by atomic mass is 16.6. The quantitative estimate of drug-likeness (QED) is 0.236. The Balaban J connectivity index is 1.86. The summed E-state index contributed by atoms with van der Waals surface area (Å²) in [7, 11) is 0. The van der Waals surface area contributed by atoms with E-state index in [9.17, 15) is 14.9 Å². The summed E-state index contributed by atoms with van der Waals surface area (Å²) in [5.74, 6) is -0.0705. The summed E-state index contributed by atoms with van der Waals surface area (Å²) in [5, 5.41) is 11.1. The van der Waals surface area contributed by atoms with Gasteiger partial charge in [-0.25, -0.2) is 0 Å². The van der Waals surface area contributed by atoms with Crippen LogP contribution in [0.2, 0.25) is 0 Å². The third kappa shape index (κ3) is 3.20. The molecule has 6 heteroatoms. The Morgan fingerprint density at radius 1 is 1.00 bits per heavy atom. The zero-order valence-corrected chi connectivity index (χ0v) is 14.4. The molecule has 0 amide bonds. The smallest absolute Gasteiger partial charge is 0.270 e. The zero-order valence-electron chi connectivity index (χ0n) is 14.4. The number of hydrogen-bond acceptors (Lipinski definition) is 3. The van der Waals surface area contributed by atoms with Crippen LogP contribution in [0.15, 0.2) is 85.3 Å².